The van der Waals surface area contributed by atoms with Gasteiger partial charge in [-0.2, -0.15) is 0 Å². The number of aromatic nitrogens is 1. The van der Waals surface area contributed by atoms with E-state index in [0.717, 1.165) is 64.6 Å². The summed E-state index contributed by atoms with van der Waals surface area (Å²) in [5, 5.41) is 51.7. The van der Waals surface area contributed by atoms with Crippen molar-refractivity contribution in [3.05, 3.63) is 100 Å². The standard InChI is InChI=1S/C42H46N6O10/c1-21-27(5-3-7-31(21)47-39(53)33-13-29(23-9-10-23)25(17-43-33)19-45-35(41(55)56)15-37(49)50)28-6-4-8-32(22(28)2)48-40(54)34-14-30(24-11-12-24)26(18-44-34)20-46-36(42(57)58)16-38(51)52/h3-8,13-14,17-18,23-24,33,35-36,43,45-46H,9-12,15-16,19-20H2,1-2H3,(H,47,53)(H,48,54)(H,49,50)(H,51,52)(H,55,56)(H,57,58)/t33?,35-,36-/m1/s1. The molecule has 2 aromatic carbocycles. The lowest BCUT2D eigenvalue weighted by Crippen LogP contribution is -2.42. The lowest BCUT2D eigenvalue weighted by molar-refractivity contribution is -0.146. The number of dihydropyridines is 1. The predicted octanol–water partition coefficient (Wildman–Crippen LogP) is 4.16. The van der Waals surface area contributed by atoms with Crippen molar-refractivity contribution in [1.82, 2.24) is 20.9 Å². The minimum Gasteiger partial charge on any atom is -0.481 e. The number of rotatable bonds is 19. The summed E-state index contributed by atoms with van der Waals surface area (Å²) in [5.74, 6) is -5.27. The molecule has 3 atom stereocenters. The molecule has 3 aromatic rings. The van der Waals surface area contributed by atoms with Gasteiger partial charge in [-0.25, -0.2) is 0 Å². The van der Waals surface area contributed by atoms with E-state index in [2.05, 4.69) is 31.6 Å². The highest BCUT2D eigenvalue weighted by Crippen LogP contribution is 2.43. The van der Waals surface area contributed by atoms with Gasteiger partial charge in [0.05, 0.1) is 12.8 Å². The number of benzene rings is 2. The average molecular weight is 795 g/mol. The fourth-order valence-electron chi connectivity index (χ4n) is 7.08. The maximum Gasteiger partial charge on any atom is 0.321 e. The van der Waals surface area contributed by atoms with Crippen LogP contribution in [0.1, 0.15) is 77.2 Å². The topological polar surface area (TPSA) is 256 Å². The van der Waals surface area contributed by atoms with E-state index in [1.54, 1.807) is 18.3 Å². The summed E-state index contributed by atoms with van der Waals surface area (Å²) < 4.78 is 0. The predicted molar refractivity (Wildman–Crippen MR) is 212 cm³/mol. The van der Waals surface area contributed by atoms with E-state index in [1.807, 2.05) is 50.3 Å². The molecule has 16 heteroatoms. The number of anilines is 2. The molecule has 9 N–H and O–H groups in total. The van der Waals surface area contributed by atoms with Crippen molar-refractivity contribution >= 4 is 47.1 Å². The number of carbonyl (C=O) groups excluding carboxylic acids is 2. The Morgan fingerprint density at radius 2 is 1.31 bits per heavy atom. The Bertz CT molecular complexity index is 2210. The molecule has 1 unspecified atom stereocenters. The van der Waals surface area contributed by atoms with Gasteiger partial charge in [-0.1, -0.05) is 24.3 Å². The molecule has 1 aliphatic heterocycles. The molecule has 2 fully saturated rings. The summed E-state index contributed by atoms with van der Waals surface area (Å²) in [6.07, 6.45) is 7.62. The van der Waals surface area contributed by atoms with Gasteiger partial charge in [0.15, 0.2) is 0 Å². The lowest BCUT2D eigenvalue weighted by atomic mass is 9.94. The summed E-state index contributed by atoms with van der Waals surface area (Å²) in [4.78, 5) is 76.9. The number of aliphatic carboxylic acids is 4. The highest BCUT2D eigenvalue weighted by molar-refractivity contribution is 6.04. The second-order valence-electron chi connectivity index (χ2n) is 14.9. The van der Waals surface area contributed by atoms with Gasteiger partial charge >= 0.3 is 23.9 Å². The van der Waals surface area contributed by atoms with Crippen LogP contribution in [0.5, 0.6) is 0 Å². The second-order valence-corrected chi connectivity index (χ2v) is 14.9. The van der Waals surface area contributed by atoms with Crippen molar-refractivity contribution in [2.45, 2.75) is 83.0 Å². The number of hydrogen-bond donors (Lipinski definition) is 9. The van der Waals surface area contributed by atoms with Crippen molar-refractivity contribution < 1.29 is 49.2 Å². The Balaban J connectivity index is 1.14. The van der Waals surface area contributed by atoms with Crippen LogP contribution in [0.4, 0.5) is 11.4 Å². The van der Waals surface area contributed by atoms with Gasteiger partial charge in [-0.05, 0) is 120 Å². The smallest absolute Gasteiger partial charge is 0.321 e. The van der Waals surface area contributed by atoms with Gasteiger partial charge in [0.1, 0.15) is 23.8 Å². The fourth-order valence-corrected chi connectivity index (χ4v) is 7.08. The Morgan fingerprint density at radius 3 is 1.84 bits per heavy atom. The van der Waals surface area contributed by atoms with E-state index in [9.17, 15) is 39.0 Å². The van der Waals surface area contributed by atoms with Gasteiger partial charge in [0, 0.05) is 36.9 Å². The Labute approximate surface area is 333 Å². The Kier molecular flexibility index (Phi) is 12.7. The van der Waals surface area contributed by atoms with Crippen LogP contribution in [0, 0.1) is 19.8 Å². The summed E-state index contributed by atoms with van der Waals surface area (Å²) in [6.45, 7) is 4.00. The van der Waals surface area contributed by atoms with Crippen molar-refractivity contribution in [2.75, 3.05) is 17.2 Å². The molecular weight excluding hydrogens is 748 g/mol. The van der Waals surface area contributed by atoms with Crippen LogP contribution in [0.15, 0.2) is 72.1 Å². The highest BCUT2D eigenvalue weighted by atomic mass is 16.4. The average Bonchev–Trinajstić information content (AvgIpc) is 4.11. The van der Waals surface area contributed by atoms with E-state index in [0.29, 0.717) is 16.9 Å². The van der Waals surface area contributed by atoms with E-state index < -0.39 is 60.8 Å². The normalized spacial score (nSPS) is 17.2. The molecule has 2 aliphatic carbocycles. The highest BCUT2D eigenvalue weighted by Gasteiger charge is 2.33. The van der Waals surface area contributed by atoms with Crippen molar-refractivity contribution in [3.63, 3.8) is 0 Å². The van der Waals surface area contributed by atoms with E-state index in [-0.39, 0.29) is 36.5 Å². The largest absolute Gasteiger partial charge is 0.481 e. The fraction of sp³-hybridized carbons (Fsp3) is 0.357. The monoisotopic (exact) mass is 794 g/mol. The molecule has 58 heavy (non-hydrogen) atoms. The van der Waals surface area contributed by atoms with Crippen molar-refractivity contribution in [1.29, 1.82) is 0 Å². The van der Waals surface area contributed by atoms with Crippen LogP contribution in [0.3, 0.4) is 0 Å². The first-order valence-corrected chi connectivity index (χ1v) is 19.0. The number of nitrogens with zero attached hydrogens (tertiary/aromatic N) is 1. The minimum absolute atomic E-state index is 0.0875. The third kappa shape index (κ3) is 10.1. The zero-order valence-corrected chi connectivity index (χ0v) is 32.0. The summed E-state index contributed by atoms with van der Waals surface area (Å²) in [6, 6.07) is 9.60. The SMILES string of the molecule is Cc1c(NC(=O)c2cc(C3CC3)c(CN[C@H](CC(=O)O)C(=O)O)cn2)cccc1-c1cccc(NC(=O)C2C=C(C3CC3)C(CN[C@H](CC(=O)O)C(=O)O)=CN2)c1C. The number of nitrogens with one attached hydrogen (secondary N) is 5. The molecule has 2 heterocycles. The van der Waals surface area contributed by atoms with Gasteiger partial charge in [0.25, 0.3) is 11.8 Å². The number of pyridine rings is 1. The third-order valence-corrected chi connectivity index (χ3v) is 10.6. The van der Waals surface area contributed by atoms with Crippen LogP contribution < -0.4 is 26.6 Å². The number of carboxylic acid groups (broad SMARTS) is 4. The van der Waals surface area contributed by atoms with Crippen molar-refractivity contribution in [2.24, 2.45) is 5.92 Å². The van der Waals surface area contributed by atoms with Crippen LogP contribution in [-0.4, -0.2) is 85.8 Å². The zero-order valence-electron chi connectivity index (χ0n) is 32.0. The van der Waals surface area contributed by atoms with E-state index in [1.165, 1.54) is 6.20 Å². The molecule has 6 rings (SSSR count). The maximum atomic E-state index is 13.6. The van der Waals surface area contributed by atoms with E-state index in [4.69, 9.17) is 10.2 Å². The third-order valence-electron chi connectivity index (χ3n) is 10.6. The molecule has 0 radical (unpaired) electrons. The lowest BCUT2D eigenvalue weighted by Gasteiger charge is -2.25. The molecule has 16 nitrogen and oxygen atoms in total. The zero-order chi connectivity index (χ0) is 41.7. The molecule has 0 bridgehead atoms. The summed E-state index contributed by atoms with van der Waals surface area (Å²) >= 11 is 0. The first kappa shape index (κ1) is 41.2. The Hall–Kier alpha value is -6.39. The molecule has 0 saturated heterocycles. The quantitative estimate of drug-likeness (QED) is 0.0826. The first-order chi connectivity index (χ1) is 27.7. The van der Waals surface area contributed by atoms with Gasteiger partial charge in [-0.15, -0.1) is 0 Å². The molecule has 3 aliphatic rings. The minimum atomic E-state index is -1.27. The first-order valence-electron chi connectivity index (χ1n) is 19.0. The molecule has 304 valence electrons. The van der Waals surface area contributed by atoms with Gasteiger partial charge < -0.3 is 36.4 Å². The van der Waals surface area contributed by atoms with Crippen LogP contribution in [-0.2, 0) is 30.5 Å². The maximum absolute atomic E-state index is 13.6. The molecule has 0 spiro atoms. The van der Waals surface area contributed by atoms with Crippen LogP contribution in [0.2, 0.25) is 0 Å². The van der Waals surface area contributed by atoms with E-state index >= 15 is 0 Å². The second kappa shape index (κ2) is 17.8. The van der Waals surface area contributed by atoms with Crippen LogP contribution >= 0.6 is 0 Å². The van der Waals surface area contributed by atoms with Gasteiger partial charge in [0.2, 0.25) is 0 Å². The number of carbonyl (C=O) groups is 6. The molecular formula is C42H46N6O10. The van der Waals surface area contributed by atoms with Crippen molar-refractivity contribution in [3.8, 4) is 11.1 Å². The van der Waals surface area contributed by atoms with Gasteiger partial charge in [-0.3, -0.25) is 44.4 Å². The molecule has 2 amide bonds. The molecule has 1 aromatic heterocycles. The molecule has 2 saturated carbocycles. The number of hydrogen-bond acceptors (Lipinski definition) is 10. The number of amides is 2. The summed E-state index contributed by atoms with van der Waals surface area (Å²) in [5.41, 5.74) is 7.89. The van der Waals surface area contributed by atoms with Crippen LogP contribution in [0.25, 0.3) is 11.1 Å². The Morgan fingerprint density at radius 1 is 0.759 bits per heavy atom. The number of carboxylic acids is 4. The summed E-state index contributed by atoms with van der Waals surface area (Å²) in [7, 11) is 0.